The Hall–Kier alpha value is -3.07. The van der Waals surface area contributed by atoms with Crippen molar-refractivity contribution < 1.29 is 13.5 Å². The molecule has 2 aromatic carbocycles. The van der Waals surface area contributed by atoms with Gasteiger partial charge in [0.1, 0.15) is 23.6 Å². The molecule has 0 atom stereocenters. The number of rotatable bonds is 2. The summed E-state index contributed by atoms with van der Waals surface area (Å²) in [6, 6.07) is 9.06. The second-order valence-corrected chi connectivity index (χ2v) is 7.17. The van der Waals surface area contributed by atoms with Crippen molar-refractivity contribution in [2.75, 3.05) is 6.61 Å². The maximum atomic E-state index is 14.2. The van der Waals surface area contributed by atoms with E-state index in [-0.39, 0.29) is 5.69 Å². The third kappa shape index (κ3) is 2.78. The van der Waals surface area contributed by atoms with Crippen LogP contribution < -0.4 is 4.74 Å². The summed E-state index contributed by atoms with van der Waals surface area (Å²) in [4.78, 5) is 4.22. The molecule has 0 fully saturated rings. The highest BCUT2D eigenvalue weighted by molar-refractivity contribution is 9.10. The van der Waals surface area contributed by atoms with Crippen LogP contribution in [0.3, 0.4) is 0 Å². The van der Waals surface area contributed by atoms with E-state index in [0.717, 1.165) is 33.1 Å². The lowest BCUT2D eigenvalue weighted by Crippen LogP contribution is -2.09. The van der Waals surface area contributed by atoms with E-state index >= 15 is 0 Å². The van der Waals surface area contributed by atoms with Crippen LogP contribution in [0.15, 0.2) is 53.4 Å². The molecule has 6 nitrogen and oxygen atoms in total. The fourth-order valence-electron chi connectivity index (χ4n) is 3.22. The maximum Gasteiger partial charge on any atom is 0.253 e. The Labute approximate surface area is 166 Å². The molecule has 5 rings (SSSR count). The number of hydrogen-bond donors (Lipinski definition) is 0. The van der Waals surface area contributed by atoms with Gasteiger partial charge in [-0.05, 0) is 30.3 Å². The minimum absolute atomic E-state index is 0.0901. The number of benzene rings is 2. The van der Waals surface area contributed by atoms with Crippen molar-refractivity contribution in [2.24, 2.45) is 0 Å². The van der Waals surface area contributed by atoms with Crippen molar-refractivity contribution in [3.05, 3.63) is 70.6 Å². The number of hydrogen-bond acceptors (Lipinski definition) is 4. The molecule has 0 spiro atoms. The van der Waals surface area contributed by atoms with Crippen LogP contribution in [0.25, 0.3) is 22.9 Å². The van der Waals surface area contributed by atoms with E-state index in [9.17, 15) is 8.78 Å². The Morgan fingerprint density at radius 2 is 2.00 bits per heavy atom. The van der Waals surface area contributed by atoms with Crippen molar-refractivity contribution >= 4 is 15.9 Å². The van der Waals surface area contributed by atoms with Crippen molar-refractivity contribution in [1.29, 1.82) is 0 Å². The SMILES string of the molecule is Fc1ccc(-n2ncnc2-n2cc3c(n2)-c2ccc(Br)cc2OCC3)c(F)c1. The summed E-state index contributed by atoms with van der Waals surface area (Å²) in [5.41, 5.74) is 2.71. The molecule has 2 aromatic heterocycles. The number of halogens is 3. The minimum Gasteiger partial charge on any atom is -0.492 e. The van der Waals surface area contributed by atoms with Gasteiger partial charge in [-0.3, -0.25) is 0 Å². The first kappa shape index (κ1) is 17.1. The summed E-state index contributed by atoms with van der Waals surface area (Å²) in [6.45, 7) is 0.515. The first-order valence-electron chi connectivity index (χ1n) is 8.47. The molecule has 4 aromatic rings. The summed E-state index contributed by atoms with van der Waals surface area (Å²) in [5.74, 6) is -0.344. The van der Waals surface area contributed by atoms with Gasteiger partial charge in [0.15, 0.2) is 5.82 Å². The molecule has 1 aliphatic heterocycles. The van der Waals surface area contributed by atoms with Crippen molar-refractivity contribution in [3.63, 3.8) is 0 Å². The molecule has 0 aliphatic carbocycles. The van der Waals surface area contributed by atoms with Crippen LogP contribution in [0.4, 0.5) is 8.78 Å². The molecule has 0 saturated heterocycles. The zero-order valence-corrected chi connectivity index (χ0v) is 15.9. The van der Waals surface area contributed by atoms with Gasteiger partial charge in [-0.1, -0.05) is 15.9 Å². The van der Waals surface area contributed by atoms with Crippen LogP contribution in [0.5, 0.6) is 5.75 Å². The second-order valence-electron chi connectivity index (χ2n) is 6.25. The van der Waals surface area contributed by atoms with Crippen LogP contribution >= 0.6 is 15.9 Å². The first-order valence-corrected chi connectivity index (χ1v) is 9.26. The number of ether oxygens (including phenoxy) is 1. The van der Waals surface area contributed by atoms with Crippen LogP contribution in [0, 0.1) is 11.6 Å². The average Bonchev–Trinajstić information content (AvgIpc) is 3.26. The van der Waals surface area contributed by atoms with Gasteiger partial charge < -0.3 is 4.74 Å². The van der Waals surface area contributed by atoms with E-state index in [1.807, 2.05) is 24.4 Å². The van der Waals surface area contributed by atoms with Crippen LogP contribution in [0.2, 0.25) is 0 Å². The summed E-state index contributed by atoms with van der Waals surface area (Å²) >= 11 is 3.45. The number of fused-ring (bicyclic) bond motifs is 3. The molecule has 0 bridgehead atoms. The highest BCUT2D eigenvalue weighted by atomic mass is 79.9. The highest BCUT2D eigenvalue weighted by Crippen LogP contribution is 2.36. The summed E-state index contributed by atoms with van der Waals surface area (Å²) in [7, 11) is 0. The molecule has 140 valence electrons. The highest BCUT2D eigenvalue weighted by Gasteiger charge is 2.22. The fraction of sp³-hybridized carbons (Fsp3) is 0.105. The molecular formula is C19H12BrF2N5O. The monoisotopic (exact) mass is 443 g/mol. The lowest BCUT2D eigenvalue weighted by Gasteiger charge is -2.08. The van der Waals surface area contributed by atoms with Gasteiger partial charge in [-0.25, -0.2) is 13.5 Å². The van der Waals surface area contributed by atoms with Crippen LogP contribution in [-0.4, -0.2) is 31.2 Å². The van der Waals surface area contributed by atoms with Gasteiger partial charge in [0.05, 0.1) is 12.3 Å². The van der Waals surface area contributed by atoms with Gasteiger partial charge in [0.2, 0.25) is 0 Å². The van der Waals surface area contributed by atoms with Crippen molar-refractivity contribution in [2.45, 2.75) is 6.42 Å². The van der Waals surface area contributed by atoms with Crippen molar-refractivity contribution in [1.82, 2.24) is 24.5 Å². The van der Waals surface area contributed by atoms with Gasteiger partial charge >= 0.3 is 0 Å². The lowest BCUT2D eigenvalue weighted by molar-refractivity contribution is 0.326. The molecule has 9 heteroatoms. The standard InChI is InChI=1S/C19H12BrF2N5O/c20-12-1-3-14-17(7-12)28-6-5-11-9-26(25-18(11)14)19-23-10-24-27(19)16-4-2-13(21)8-15(16)22/h1-4,7-10H,5-6H2. The molecule has 0 N–H and O–H groups in total. The summed E-state index contributed by atoms with van der Waals surface area (Å²) in [5, 5.41) is 8.74. The molecule has 0 radical (unpaired) electrons. The Balaban J connectivity index is 1.64. The number of nitrogens with zero attached hydrogens (tertiary/aromatic N) is 5. The van der Waals surface area contributed by atoms with E-state index in [1.165, 1.54) is 23.1 Å². The number of aromatic nitrogens is 5. The summed E-state index contributed by atoms with van der Waals surface area (Å²) < 4.78 is 37.1. The van der Waals surface area contributed by atoms with Gasteiger partial charge in [0.25, 0.3) is 5.95 Å². The smallest absolute Gasteiger partial charge is 0.253 e. The molecule has 3 heterocycles. The topological polar surface area (TPSA) is 57.8 Å². The van der Waals surface area contributed by atoms with Gasteiger partial charge in [0, 0.05) is 34.3 Å². The van der Waals surface area contributed by atoms with Gasteiger partial charge in [-0.15, -0.1) is 0 Å². The zero-order valence-electron chi connectivity index (χ0n) is 14.3. The Kier molecular flexibility index (Phi) is 3.97. The molecule has 1 aliphatic rings. The zero-order chi connectivity index (χ0) is 19.3. The van der Waals surface area contributed by atoms with E-state index < -0.39 is 11.6 Å². The summed E-state index contributed by atoms with van der Waals surface area (Å²) in [6.07, 6.45) is 3.80. The molecule has 0 unspecified atom stereocenters. The van der Waals surface area contributed by atoms with E-state index in [4.69, 9.17) is 4.74 Å². The lowest BCUT2D eigenvalue weighted by atomic mass is 10.1. The predicted molar refractivity (Wildman–Crippen MR) is 101 cm³/mol. The molecular weight excluding hydrogens is 432 g/mol. The average molecular weight is 444 g/mol. The van der Waals surface area contributed by atoms with Gasteiger partial charge in [-0.2, -0.15) is 19.9 Å². The van der Waals surface area contributed by atoms with Crippen LogP contribution in [-0.2, 0) is 6.42 Å². The minimum atomic E-state index is -0.732. The first-order chi connectivity index (χ1) is 13.6. The fourth-order valence-corrected chi connectivity index (χ4v) is 3.56. The molecule has 0 saturated carbocycles. The maximum absolute atomic E-state index is 14.2. The second kappa shape index (κ2) is 6.52. The Bertz CT molecular complexity index is 1200. The third-order valence-corrected chi connectivity index (χ3v) is 4.98. The predicted octanol–water partition coefficient (Wildman–Crippen LogP) is 4.10. The quantitative estimate of drug-likeness (QED) is 0.468. The Morgan fingerprint density at radius 3 is 2.86 bits per heavy atom. The largest absolute Gasteiger partial charge is 0.492 e. The van der Waals surface area contributed by atoms with E-state index in [1.54, 1.807) is 4.68 Å². The van der Waals surface area contributed by atoms with E-state index in [2.05, 4.69) is 31.1 Å². The molecule has 0 amide bonds. The van der Waals surface area contributed by atoms with Crippen molar-refractivity contribution in [3.8, 4) is 28.6 Å². The van der Waals surface area contributed by atoms with E-state index in [0.29, 0.717) is 19.0 Å². The molecule has 28 heavy (non-hydrogen) atoms. The third-order valence-electron chi connectivity index (χ3n) is 4.49. The normalized spacial score (nSPS) is 12.8. The Morgan fingerprint density at radius 1 is 1.11 bits per heavy atom. The van der Waals surface area contributed by atoms with Crippen LogP contribution in [0.1, 0.15) is 5.56 Å².